The Kier molecular flexibility index (Phi) is 6.52. The summed E-state index contributed by atoms with van der Waals surface area (Å²) < 4.78 is 5.10. The summed E-state index contributed by atoms with van der Waals surface area (Å²) in [4.78, 5) is 22.2. The molecule has 1 rings (SSSR count). The first-order valence-corrected chi connectivity index (χ1v) is 6.32. The summed E-state index contributed by atoms with van der Waals surface area (Å²) >= 11 is 0. The number of rotatable bonds is 8. The number of carboxylic acid groups (broad SMARTS) is 1. The van der Waals surface area contributed by atoms with Crippen molar-refractivity contribution in [3.05, 3.63) is 29.8 Å². The van der Waals surface area contributed by atoms with E-state index in [1.54, 1.807) is 7.11 Å². The van der Waals surface area contributed by atoms with E-state index in [0.29, 0.717) is 12.8 Å². The number of carbonyl (C=O) groups excluding carboxylic acids is 1. The van der Waals surface area contributed by atoms with Gasteiger partial charge in [0, 0.05) is 6.42 Å². The Morgan fingerprint density at radius 2 is 2.15 bits per heavy atom. The largest absolute Gasteiger partial charge is 0.497 e. The fourth-order valence-corrected chi connectivity index (χ4v) is 1.73. The van der Waals surface area contributed by atoms with Gasteiger partial charge in [0.15, 0.2) is 0 Å². The van der Waals surface area contributed by atoms with Crippen molar-refractivity contribution in [1.82, 2.24) is 5.32 Å². The molecular formula is C14H19NO5. The van der Waals surface area contributed by atoms with Crippen LogP contribution in [0, 0.1) is 0 Å². The Hall–Kier alpha value is -2.08. The molecule has 0 spiro atoms. The highest BCUT2D eigenvalue weighted by Crippen LogP contribution is 2.14. The zero-order valence-corrected chi connectivity index (χ0v) is 11.3. The van der Waals surface area contributed by atoms with Gasteiger partial charge in [-0.1, -0.05) is 12.1 Å². The van der Waals surface area contributed by atoms with Gasteiger partial charge in [-0.2, -0.15) is 0 Å². The fourth-order valence-electron chi connectivity index (χ4n) is 1.73. The maximum absolute atomic E-state index is 11.5. The van der Waals surface area contributed by atoms with Crippen LogP contribution in [0.15, 0.2) is 24.3 Å². The first kappa shape index (κ1) is 16.0. The van der Waals surface area contributed by atoms with Gasteiger partial charge in [-0.05, 0) is 30.5 Å². The van der Waals surface area contributed by atoms with Crippen LogP contribution in [0.2, 0.25) is 0 Å². The molecule has 3 N–H and O–H groups in total. The molecule has 1 aromatic rings. The van der Waals surface area contributed by atoms with Crippen LogP contribution in [-0.4, -0.2) is 41.8 Å². The molecule has 0 aromatic heterocycles. The van der Waals surface area contributed by atoms with Crippen LogP contribution >= 0.6 is 0 Å². The molecule has 0 saturated carbocycles. The number of aliphatic carboxylic acids is 1. The van der Waals surface area contributed by atoms with Crippen LogP contribution in [0.1, 0.15) is 18.4 Å². The summed E-state index contributed by atoms with van der Waals surface area (Å²) in [5.74, 6) is -0.860. The highest BCUT2D eigenvalue weighted by Gasteiger charge is 2.18. The number of carbonyl (C=O) groups is 2. The van der Waals surface area contributed by atoms with Crippen molar-refractivity contribution in [3.63, 3.8) is 0 Å². The average Bonchev–Trinajstić information content (AvgIpc) is 2.44. The van der Waals surface area contributed by atoms with Crippen LogP contribution in [0.5, 0.6) is 5.75 Å². The van der Waals surface area contributed by atoms with Gasteiger partial charge in [-0.3, -0.25) is 4.79 Å². The second-order valence-electron chi connectivity index (χ2n) is 4.35. The van der Waals surface area contributed by atoms with Crippen LogP contribution in [0.4, 0.5) is 0 Å². The molecule has 1 amide bonds. The number of nitrogens with one attached hydrogen (secondary N) is 1. The third kappa shape index (κ3) is 5.27. The monoisotopic (exact) mass is 281 g/mol. The third-order valence-corrected chi connectivity index (χ3v) is 2.82. The number of aliphatic hydroxyl groups excluding tert-OH is 1. The van der Waals surface area contributed by atoms with Crippen LogP contribution in [0.3, 0.4) is 0 Å². The minimum atomic E-state index is -1.24. The molecule has 6 heteroatoms. The van der Waals surface area contributed by atoms with Gasteiger partial charge >= 0.3 is 5.97 Å². The van der Waals surface area contributed by atoms with Gasteiger partial charge in [0.1, 0.15) is 11.8 Å². The van der Waals surface area contributed by atoms with Crippen molar-refractivity contribution >= 4 is 11.9 Å². The third-order valence-electron chi connectivity index (χ3n) is 2.82. The Morgan fingerprint density at radius 3 is 2.75 bits per heavy atom. The zero-order valence-electron chi connectivity index (χ0n) is 11.3. The normalized spacial score (nSPS) is 11.7. The number of carboxylic acids is 1. The Bertz CT molecular complexity index is 461. The summed E-state index contributed by atoms with van der Waals surface area (Å²) in [6.45, 7) is -0.614. The number of aliphatic hydroxyl groups is 1. The van der Waals surface area contributed by atoms with E-state index in [1.165, 1.54) is 0 Å². The quantitative estimate of drug-likeness (QED) is 0.648. The Labute approximate surface area is 117 Å². The summed E-state index contributed by atoms with van der Waals surface area (Å²) in [7, 11) is 1.59. The number of hydrogen-bond donors (Lipinski definition) is 3. The van der Waals surface area contributed by atoms with Gasteiger partial charge in [0.05, 0.1) is 13.7 Å². The molecule has 0 aliphatic carbocycles. The van der Waals surface area contributed by atoms with Crippen LogP contribution in [0.25, 0.3) is 0 Å². The van der Waals surface area contributed by atoms with Crippen LogP contribution in [-0.2, 0) is 16.0 Å². The van der Waals surface area contributed by atoms with E-state index < -0.39 is 18.6 Å². The van der Waals surface area contributed by atoms with E-state index in [2.05, 4.69) is 5.32 Å². The van der Waals surface area contributed by atoms with Gasteiger partial charge in [0.2, 0.25) is 5.91 Å². The van der Waals surface area contributed by atoms with E-state index in [-0.39, 0.29) is 12.3 Å². The number of methoxy groups -OCH3 is 1. The average molecular weight is 281 g/mol. The first-order chi connectivity index (χ1) is 9.56. The van der Waals surface area contributed by atoms with E-state index >= 15 is 0 Å². The summed E-state index contributed by atoms with van der Waals surface area (Å²) in [6, 6.07) is 6.31. The second kappa shape index (κ2) is 8.16. The zero-order chi connectivity index (χ0) is 15.0. The molecule has 0 bridgehead atoms. The lowest BCUT2D eigenvalue weighted by Gasteiger charge is -2.11. The molecular weight excluding hydrogens is 262 g/mol. The lowest BCUT2D eigenvalue weighted by atomic mass is 10.1. The standard InChI is InChI=1S/C14H19NO5/c1-20-11-6-2-4-10(8-11)5-3-7-13(17)15-12(9-16)14(18)19/h2,4,6,8,12,16H,3,5,7,9H2,1H3,(H,15,17)(H,18,19). The maximum atomic E-state index is 11.5. The predicted molar refractivity (Wildman–Crippen MR) is 72.6 cm³/mol. The number of aryl methyl sites for hydroxylation is 1. The Morgan fingerprint density at radius 1 is 1.40 bits per heavy atom. The van der Waals surface area contributed by atoms with Gasteiger partial charge in [-0.25, -0.2) is 4.79 Å². The number of benzene rings is 1. The molecule has 1 atom stereocenters. The SMILES string of the molecule is COc1cccc(CCCC(=O)NC(CO)C(=O)O)c1. The van der Waals surface area contributed by atoms with Crippen molar-refractivity contribution in [3.8, 4) is 5.75 Å². The minimum absolute atomic E-state index is 0.209. The topological polar surface area (TPSA) is 95.9 Å². The number of hydrogen-bond acceptors (Lipinski definition) is 4. The molecule has 110 valence electrons. The minimum Gasteiger partial charge on any atom is -0.497 e. The molecule has 6 nitrogen and oxygen atoms in total. The van der Waals surface area contributed by atoms with E-state index in [4.69, 9.17) is 14.9 Å². The highest BCUT2D eigenvalue weighted by atomic mass is 16.5. The molecule has 20 heavy (non-hydrogen) atoms. The molecule has 0 aliphatic heterocycles. The fraction of sp³-hybridized carbons (Fsp3) is 0.429. The first-order valence-electron chi connectivity index (χ1n) is 6.32. The van der Waals surface area contributed by atoms with Crippen molar-refractivity contribution in [1.29, 1.82) is 0 Å². The molecule has 1 unspecified atom stereocenters. The van der Waals surface area contributed by atoms with Gasteiger partial charge < -0.3 is 20.3 Å². The summed E-state index contributed by atoms with van der Waals surface area (Å²) in [5.41, 5.74) is 1.05. The van der Waals surface area contributed by atoms with E-state index in [1.807, 2.05) is 24.3 Å². The van der Waals surface area contributed by atoms with E-state index in [9.17, 15) is 9.59 Å². The van der Waals surface area contributed by atoms with E-state index in [0.717, 1.165) is 11.3 Å². The molecule has 0 saturated heterocycles. The molecule has 0 fully saturated rings. The lowest BCUT2D eigenvalue weighted by molar-refractivity contribution is -0.142. The maximum Gasteiger partial charge on any atom is 0.328 e. The van der Waals surface area contributed by atoms with Crippen LogP contribution < -0.4 is 10.1 Å². The lowest BCUT2D eigenvalue weighted by Crippen LogP contribution is -2.43. The molecule has 1 aromatic carbocycles. The smallest absolute Gasteiger partial charge is 0.328 e. The van der Waals surface area contributed by atoms with Gasteiger partial charge in [-0.15, -0.1) is 0 Å². The van der Waals surface area contributed by atoms with Gasteiger partial charge in [0.25, 0.3) is 0 Å². The van der Waals surface area contributed by atoms with Crippen molar-refractivity contribution in [2.24, 2.45) is 0 Å². The molecule has 0 aliphatic rings. The number of amides is 1. The molecule has 0 heterocycles. The predicted octanol–water partition coefficient (Wildman–Crippen LogP) is 0.580. The summed E-state index contributed by atoms with van der Waals surface area (Å²) in [6.07, 6.45) is 1.50. The Balaban J connectivity index is 2.36. The van der Waals surface area contributed by atoms with Crippen molar-refractivity contribution in [2.45, 2.75) is 25.3 Å². The van der Waals surface area contributed by atoms with Crippen molar-refractivity contribution < 1.29 is 24.5 Å². The summed E-state index contributed by atoms with van der Waals surface area (Å²) in [5, 5.41) is 19.8. The van der Waals surface area contributed by atoms with Crippen molar-refractivity contribution in [2.75, 3.05) is 13.7 Å². The second-order valence-corrected chi connectivity index (χ2v) is 4.35. The molecule has 0 radical (unpaired) electrons. The highest BCUT2D eigenvalue weighted by molar-refractivity contribution is 5.83. The number of ether oxygens (including phenoxy) is 1.